The first-order chi connectivity index (χ1) is 9.65. The molecule has 21 heavy (non-hydrogen) atoms. The third-order valence-corrected chi connectivity index (χ3v) is 3.44. The van der Waals surface area contributed by atoms with Crippen LogP contribution in [0.25, 0.3) is 0 Å². The zero-order valence-electron chi connectivity index (χ0n) is 12.1. The number of rotatable bonds is 5. The van der Waals surface area contributed by atoms with Crippen molar-refractivity contribution in [3.8, 4) is 0 Å². The summed E-state index contributed by atoms with van der Waals surface area (Å²) in [7, 11) is 0. The minimum atomic E-state index is -1.53. The van der Waals surface area contributed by atoms with Gasteiger partial charge in [0.25, 0.3) is 0 Å². The Balaban J connectivity index is 2.62. The molecule has 0 aromatic rings. The molecule has 1 amide bonds. The van der Waals surface area contributed by atoms with E-state index < -0.39 is 54.6 Å². The highest BCUT2D eigenvalue weighted by Crippen LogP contribution is 2.19. The Morgan fingerprint density at radius 3 is 2.19 bits per heavy atom. The van der Waals surface area contributed by atoms with E-state index in [1.54, 1.807) is 0 Å². The number of carboxylic acid groups (broad SMARTS) is 1. The Kier molecular flexibility index (Phi) is 6.05. The molecule has 0 bridgehead atoms. The first-order valence-corrected chi connectivity index (χ1v) is 6.64. The summed E-state index contributed by atoms with van der Waals surface area (Å²) in [6.45, 7) is 4.40. The predicted molar refractivity (Wildman–Crippen MR) is 70.2 cm³/mol. The molecule has 1 aliphatic rings. The second-order valence-corrected chi connectivity index (χ2v) is 5.20. The number of carboxylic acids is 1. The van der Waals surface area contributed by atoms with E-state index in [1.165, 1.54) is 20.8 Å². The summed E-state index contributed by atoms with van der Waals surface area (Å²) in [5.74, 6) is -1.64. The maximum absolute atomic E-state index is 12.0. The molecule has 1 fully saturated rings. The van der Waals surface area contributed by atoms with Crippen LogP contribution in [-0.2, 0) is 14.3 Å². The first-order valence-electron chi connectivity index (χ1n) is 6.64. The minimum absolute atomic E-state index is 0.550. The Hall–Kier alpha value is -1.26. The SMILES string of the molecule is CC(NC(C)C(=O)NC1C(C)OC(O)C(O)C1O)C(=O)O. The molecule has 1 aliphatic heterocycles. The number of hydrogen-bond donors (Lipinski definition) is 6. The van der Waals surface area contributed by atoms with Crippen LogP contribution >= 0.6 is 0 Å². The highest BCUT2D eigenvalue weighted by atomic mass is 16.6. The van der Waals surface area contributed by atoms with Crippen molar-refractivity contribution in [1.82, 2.24) is 10.6 Å². The lowest BCUT2D eigenvalue weighted by Gasteiger charge is -2.40. The highest BCUT2D eigenvalue weighted by molar-refractivity contribution is 5.83. The van der Waals surface area contributed by atoms with Crippen molar-refractivity contribution in [2.75, 3.05) is 0 Å². The predicted octanol–water partition coefficient (Wildman–Crippen LogP) is -2.62. The molecule has 9 heteroatoms. The number of amides is 1. The maximum atomic E-state index is 12.0. The fraction of sp³-hybridized carbons (Fsp3) is 0.833. The molecule has 9 nitrogen and oxygen atoms in total. The quantitative estimate of drug-likeness (QED) is 0.323. The van der Waals surface area contributed by atoms with Crippen LogP contribution in [-0.4, -0.2) is 75.0 Å². The normalized spacial score (nSPS) is 35.8. The summed E-state index contributed by atoms with van der Waals surface area (Å²) in [4.78, 5) is 22.7. The molecule has 0 aromatic carbocycles. The van der Waals surface area contributed by atoms with Crippen LogP contribution in [0, 0.1) is 0 Å². The van der Waals surface area contributed by atoms with Crippen LogP contribution in [0.2, 0.25) is 0 Å². The molecule has 6 N–H and O–H groups in total. The summed E-state index contributed by atoms with van der Waals surface area (Å²) in [5, 5.41) is 42.5. The number of aliphatic hydroxyl groups is 3. The Bertz CT molecular complexity index is 392. The van der Waals surface area contributed by atoms with Gasteiger partial charge in [0.2, 0.25) is 5.91 Å². The smallest absolute Gasteiger partial charge is 0.320 e. The van der Waals surface area contributed by atoms with Crippen molar-refractivity contribution in [1.29, 1.82) is 0 Å². The van der Waals surface area contributed by atoms with Gasteiger partial charge >= 0.3 is 5.97 Å². The summed E-state index contributed by atoms with van der Waals surface area (Å²) in [6, 6.07) is -2.65. The number of hydrogen-bond acceptors (Lipinski definition) is 7. The van der Waals surface area contributed by atoms with E-state index in [1.807, 2.05) is 0 Å². The number of carbonyl (C=O) groups is 2. The molecule has 1 heterocycles. The second-order valence-electron chi connectivity index (χ2n) is 5.20. The summed E-state index contributed by atoms with van der Waals surface area (Å²) < 4.78 is 5.00. The molecule has 0 saturated carbocycles. The van der Waals surface area contributed by atoms with Gasteiger partial charge in [-0.25, -0.2) is 0 Å². The number of aliphatic hydroxyl groups excluding tert-OH is 3. The van der Waals surface area contributed by atoms with Gasteiger partial charge < -0.3 is 30.5 Å². The molecule has 7 unspecified atom stereocenters. The van der Waals surface area contributed by atoms with Gasteiger partial charge in [-0.05, 0) is 20.8 Å². The lowest BCUT2D eigenvalue weighted by molar-refractivity contribution is -0.253. The molecule has 0 aromatic heterocycles. The zero-order valence-corrected chi connectivity index (χ0v) is 12.1. The molecule has 0 aliphatic carbocycles. The van der Waals surface area contributed by atoms with Crippen LogP contribution in [0.15, 0.2) is 0 Å². The average Bonchev–Trinajstić information content (AvgIpc) is 2.40. The van der Waals surface area contributed by atoms with Gasteiger partial charge in [-0.3, -0.25) is 14.9 Å². The average molecular weight is 306 g/mol. The Labute approximate surface area is 121 Å². The van der Waals surface area contributed by atoms with Crippen LogP contribution in [0.1, 0.15) is 20.8 Å². The maximum Gasteiger partial charge on any atom is 0.320 e. The molecule has 0 spiro atoms. The van der Waals surface area contributed by atoms with Gasteiger partial charge in [0.05, 0.1) is 18.2 Å². The van der Waals surface area contributed by atoms with Crippen molar-refractivity contribution in [2.24, 2.45) is 0 Å². The van der Waals surface area contributed by atoms with Crippen LogP contribution in [0.3, 0.4) is 0 Å². The molecule has 122 valence electrons. The van der Waals surface area contributed by atoms with Gasteiger partial charge in [-0.1, -0.05) is 0 Å². The number of carbonyl (C=O) groups excluding carboxylic acids is 1. The van der Waals surface area contributed by atoms with Gasteiger partial charge in [-0.15, -0.1) is 0 Å². The number of aliphatic carboxylic acids is 1. The molecule has 7 atom stereocenters. The third kappa shape index (κ3) is 4.35. The second kappa shape index (κ2) is 7.14. The first kappa shape index (κ1) is 17.8. The van der Waals surface area contributed by atoms with E-state index in [9.17, 15) is 24.9 Å². The lowest BCUT2D eigenvalue weighted by Crippen LogP contribution is -2.64. The lowest BCUT2D eigenvalue weighted by atomic mass is 9.96. The van der Waals surface area contributed by atoms with Crippen LogP contribution < -0.4 is 10.6 Å². The van der Waals surface area contributed by atoms with Crippen molar-refractivity contribution in [2.45, 2.75) is 63.5 Å². The van der Waals surface area contributed by atoms with Gasteiger partial charge in [0, 0.05) is 0 Å². The topological polar surface area (TPSA) is 148 Å². The summed E-state index contributed by atoms with van der Waals surface area (Å²) >= 11 is 0. The fourth-order valence-corrected chi connectivity index (χ4v) is 2.06. The fourth-order valence-electron chi connectivity index (χ4n) is 2.06. The van der Waals surface area contributed by atoms with Crippen molar-refractivity contribution < 1.29 is 34.8 Å². The highest BCUT2D eigenvalue weighted by Gasteiger charge is 2.43. The van der Waals surface area contributed by atoms with Gasteiger partial charge in [0.15, 0.2) is 6.29 Å². The van der Waals surface area contributed by atoms with Crippen molar-refractivity contribution >= 4 is 11.9 Å². The van der Waals surface area contributed by atoms with Crippen molar-refractivity contribution in [3.05, 3.63) is 0 Å². The van der Waals surface area contributed by atoms with Gasteiger partial charge in [-0.2, -0.15) is 0 Å². The molecular weight excluding hydrogens is 284 g/mol. The van der Waals surface area contributed by atoms with E-state index >= 15 is 0 Å². The Morgan fingerprint density at radius 2 is 1.67 bits per heavy atom. The van der Waals surface area contributed by atoms with Gasteiger partial charge in [0.1, 0.15) is 18.2 Å². The molecule has 0 radical (unpaired) electrons. The van der Waals surface area contributed by atoms with Crippen LogP contribution in [0.5, 0.6) is 0 Å². The monoisotopic (exact) mass is 306 g/mol. The third-order valence-electron chi connectivity index (χ3n) is 3.44. The van der Waals surface area contributed by atoms with E-state index in [0.717, 1.165) is 0 Å². The zero-order chi connectivity index (χ0) is 16.3. The minimum Gasteiger partial charge on any atom is -0.480 e. The van der Waals surface area contributed by atoms with Crippen LogP contribution in [0.4, 0.5) is 0 Å². The molecule has 1 saturated heterocycles. The standard InChI is InChI=1S/C12H22N2O7/c1-4(13-5(2)11(18)19)10(17)14-7-6(3)21-12(20)9(16)8(7)15/h4-9,12-13,15-16,20H,1-3H3,(H,14,17)(H,18,19). The molecular formula is C12H22N2O7. The molecule has 1 rings (SSSR count). The largest absolute Gasteiger partial charge is 0.480 e. The van der Waals surface area contributed by atoms with Crippen molar-refractivity contribution in [3.63, 3.8) is 0 Å². The van der Waals surface area contributed by atoms with E-state index in [4.69, 9.17) is 9.84 Å². The van der Waals surface area contributed by atoms with E-state index in [-0.39, 0.29) is 0 Å². The van der Waals surface area contributed by atoms with E-state index in [2.05, 4.69) is 10.6 Å². The number of nitrogens with one attached hydrogen (secondary N) is 2. The van der Waals surface area contributed by atoms with E-state index in [0.29, 0.717) is 0 Å². The summed E-state index contributed by atoms with van der Waals surface area (Å²) in [5.41, 5.74) is 0. The summed E-state index contributed by atoms with van der Waals surface area (Å²) in [6.07, 6.45) is -5.17. The number of ether oxygens (including phenoxy) is 1. The Morgan fingerprint density at radius 1 is 1.10 bits per heavy atom.